The van der Waals surface area contributed by atoms with E-state index in [2.05, 4.69) is 25.6 Å². The Morgan fingerprint density at radius 3 is 2.96 bits per heavy atom. The van der Waals surface area contributed by atoms with Gasteiger partial charge in [-0.3, -0.25) is 5.10 Å². The molecule has 1 aliphatic carbocycles. The molecule has 0 fully saturated rings. The molecule has 0 saturated heterocycles. The minimum Gasteiger partial charge on any atom is -0.334 e. The number of aromatic amines is 1. The average Bonchev–Trinajstić information content (AvgIpc) is 3.31. The maximum Gasteiger partial charge on any atom is 0.317 e. The van der Waals surface area contributed by atoms with Gasteiger partial charge in [0.15, 0.2) is 0 Å². The molecule has 0 aliphatic heterocycles. The highest BCUT2D eigenvalue weighted by Gasteiger charge is 2.18. The van der Waals surface area contributed by atoms with E-state index in [9.17, 15) is 4.79 Å². The highest BCUT2D eigenvalue weighted by Crippen LogP contribution is 2.22. The summed E-state index contributed by atoms with van der Waals surface area (Å²) in [7, 11) is 1.80. The number of H-pyrrole nitrogens is 1. The zero-order valence-electron chi connectivity index (χ0n) is 16.1. The van der Waals surface area contributed by atoms with Crippen molar-refractivity contribution >= 4 is 6.03 Å². The van der Waals surface area contributed by atoms with Crippen LogP contribution in [-0.4, -0.2) is 42.9 Å². The van der Waals surface area contributed by atoms with Crippen LogP contribution >= 0.6 is 0 Å². The van der Waals surface area contributed by atoms with Gasteiger partial charge in [0.1, 0.15) is 12.7 Å². The Hall–Kier alpha value is -3.16. The van der Waals surface area contributed by atoms with E-state index in [1.165, 1.54) is 36.8 Å². The van der Waals surface area contributed by atoms with E-state index in [0.29, 0.717) is 13.1 Å². The van der Waals surface area contributed by atoms with Crippen LogP contribution in [0.3, 0.4) is 0 Å². The molecule has 0 radical (unpaired) electrons. The van der Waals surface area contributed by atoms with Crippen molar-refractivity contribution in [2.75, 3.05) is 7.05 Å². The van der Waals surface area contributed by atoms with Crippen LogP contribution in [0.1, 0.15) is 41.8 Å². The summed E-state index contributed by atoms with van der Waals surface area (Å²) in [6.45, 7) is 0.917. The topological polar surface area (TPSA) is 91.7 Å². The third-order valence-electron chi connectivity index (χ3n) is 5.21. The van der Waals surface area contributed by atoms with Crippen molar-refractivity contribution in [3.63, 3.8) is 0 Å². The molecule has 2 heterocycles. The van der Waals surface area contributed by atoms with E-state index >= 15 is 0 Å². The van der Waals surface area contributed by atoms with Gasteiger partial charge in [-0.1, -0.05) is 24.6 Å². The van der Waals surface area contributed by atoms with E-state index in [1.807, 2.05) is 24.3 Å². The number of aryl methyl sites for hydroxylation is 1. The van der Waals surface area contributed by atoms with Crippen LogP contribution in [0.25, 0.3) is 5.69 Å². The molecule has 146 valence electrons. The fourth-order valence-electron chi connectivity index (χ4n) is 3.68. The summed E-state index contributed by atoms with van der Waals surface area (Å²) in [5, 5.41) is 14.8. The number of benzene rings is 1. The number of para-hydroxylation sites is 1. The lowest BCUT2D eigenvalue weighted by Gasteiger charge is -2.18. The highest BCUT2D eigenvalue weighted by atomic mass is 16.2. The van der Waals surface area contributed by atoms with Crippen LogP contribution in [0.2, 0.25) is 0 Å². The first kappa shape index (κ1) is 18.2. The van der Waals surface area contributed by atoms with Crippen molar-refractivity contribution in [3.05, 3.63) is 59.4 Å². The number of rotatable bonds is 5. The molecule has 0 atom stereocenters. The Morgan fingerprint density at radius 2 is 2.11 bits per heavy atom. The predicted octanol–water partition coefficient (Wildman–Crippen LogP) is 2.60. The van der Waals surface area contributed by atoms with Crippen molar-refractivity contribution < 1.29 is 4.79 Å². The molecule has 2 amide bonds. The first-order valence-corrected chi connectivity index (χ1v) is 9.69. The number of aromatic nitrogens is 5. The highest BCUT2D eigenvalue weighted by molar-refractivity contribution is 5.74. The zero-order chi connectivity index (χ0) is 19.3. The number of fused-ring (bicyclic) bond motifs is 1. The molecule has 2 N–H and O–H groups in total. The fourth-order valence-corrected chi connectivity index (χ4v) is 3.68. The second kappa shape index (κ2) is 8.24. The summed E-state index contributed by atoms with van der Waals surface area (Å²) in [4.78, 5) is 18.3. The largest absolute Gasteiger partial charge is 0.334 e. The standard InChI is InChI=1S/C20H25N7O/c1-26(12-18-16-8-3-2-4-9-17(16)24-25-18)20(28)22-11-15-7-5-6-10-19(15)27-14-21-13-23-27/h5-7,10,13-14H,2-4,8-9,11-12H2,1H3,(H,22,28)(H,24,25). The Bertz CT molecular complexity index is 932. The number of nitrogens with one attached hydrogen (secondary N) is 2. The predicted molar refractivity (Wildman–Crippen MR) is 105 cm³/mol. The third kappa shape index (κ3) is 3.90. The van der Waals surface area contributed by atoms with E-state index < -0.39 is 0 Å². The lowest BCUT2D eigenvalue weighted by atomic mass is 10.1. The Balaban J connectivity index is 1.39. The first-order valence-electron chi connectivity index (χ1n) is 9.69. The van der Waals surface area contributed by atoms with Crippen molar-refractivity contribution in [2.24, 2.45) is 0 Å². The molecule has 0 saturated carbocycles. The number of nitrogens with zero attached hydrogens (tertiary/aromatic N) is 5. The fraction of sp³-hybridized carbons (Fsp3) is 0.400. The number of amides is 2. The Labute approximate surface area is 164 Å². The van der Waals surface area contributed by atoms with Gasteiger partial charge in [-0.05, 0) is 42.9 Å². The van der Waals surface area contributed by atoms with Gasteiger partial charge < -0.3 is 10.2 Å². The number of urea groups is 1. The Morgan fingerprint density at radius 1 is 1.25 bits per heavy atom. The van der Waals surface area contributed by atoms with Gasteiger partial charge in [0, 0.05) is 19.3 Å². The number of hydrogen-bond acceptors (Lipinski definition) is 4. The molecular formula is C20H25N7O. The van der Waals surface area contributed by atoms with Crippen LogP contribution in [-0.2, 0) is 25.9 Å². The Kier molecular flexibility index (Phi) is 5.36. The zero-order valence-corrected chi connectivity index (χ0v) is 16.1. The lowest BCUT2D eigenvalue weighted by molar-refractivity contribution is 0.206. The third-order valence-corrected chi connectivity index (χ3v) is 5.21. The molecule has 4 rings (SSSR count). The van der Waals surface area contributed by atoms with Crippen molar-refractivity contribution in [3.8, 4) is 5.69 Å². The normalized spacial score (nSPS) is 13.6. The van der Waals surface area contributed by atoms with Crippen molar-refractivity contribution in [1.82, 2.24) is 35.2 Å². The molecular weight excluding hydrogens is 354 g/mol. The van der Waals surface area contributed by atoms with Crippen LogP contribution < -0.4 is 5.32 Å². The van der Waals surface area contributed by atoms with E-state index in [0.717, 1.165) is 29.8 Å². The average molecular weight is 379 g/mol. The molecule has 0 unspecified atom stereocenters. The minimum absolute atomic E-state index is 0.126. The molecule has 2 aromatic heterocycles. The molecule has 0 bridgehead atoms. The van der Waals surface area contributed by atoms with Crippen LogP contribution in [0.4, 0.5) is 4.79 Å². The molecule has 8 heteroatoms. The van der Waals surface area contributed by atoms with Gasteiger partial charge >= 0.3 is 6.03 Å². The molecule has 1 aliphatic rings. The van der Waals surface area contributed by atoms with Gasteiger partial charge in [-0.15, -0.1) is 0 Å². The smallest absolute Gasteiger partial charge is 0.317 e. The lowest BCUT2D eigenvalue weighted by Crippen LogP contribution is -2.36. The SMILES string of the molecule is CN(Cc1n[nH]c2c1CCCCC2)C(=O)NCc1ccccc1-n1cncn1. The van der Waals surface area contributed by atoms with Gasteiger partial charge in [0.2, 0.25) is 0 Å². The van der Waals surface area contributed by atoms with E-state index in [4.69, 9.17) is 0 Å². The first-order chi connectivity index (χ1) is 13.7. The van der Waals surface area contributed by atoms with Crippen LogP contribution in [0.5, 0.6) is 0 Å². The maximum atomic E-state index is 12.6. The maximum absolute atomic E-state index is 12.6. The summed E-state index contributed by atoms with van der Waals surface area (Å²) in [6, 6.07) is 7.70. The molecule has 0 spiro atoms. The summed E-state index contributed by atoms with van der Waals surface area (Å²) < 4.78 is 1.70. The second-order valence-electron chi connectivity index (χ2n) is 7.17. The minimum atomic E-state index is -0.126. The molecule has 8 nitrogen and oxygen atoms in total. The van der Waals surface area contributed by atoms with Gasteiger partial charge in [-0.2, -0.15) is 10.2 Å². The van der Waals surface area contributed by atoms with Gasteiger partial charge in [0.05, 0.1) is 17.9 Å². The van der Waals surface area contributed by atoms with Crippen LogP contribution in [0, 0.1) is 0 Å². The summed E-state index contributed by atoms with van der Waals surface area (Å²) in [5.41, 5.74) is 5.40. The summed E-state index contributed by atoms with van der Waals surface area (Å²) in [6.07, 6.45) is 8.89. The van der Waals surface area contributed by atoms with Crippen molar-refractivity contribution in [2.45, 2.75) is 45.2 Å². The molecule has 28 heavy (non-hydrogen) atoms. The monoisotopic (exact) mass is 379 g/mol. The summed E-state index contributed by atoms with van der Waals surface area (Å²) in [5.74, 6) is 0. The van der Waals surface area contributed by atoms with E-state index in [-0.39, 0.29) is 6.03 Å². The second-order valence-corrected chi connectivity index (χ2v) is 7.17. The number of carbonyl (C=O) groups excluding carboxylic acids is 1. The number of hydrogen-bond donors (Lipinski definition) is 2. The van der Waals surface area contributed by atoms with Gasteiger partial charge in [-0.25, -0.2) is 14.5 Å². The van der Waals surface area contributed by atoms with Crippen molar-refractivity contribution in [1.29, 1.82) is 0 Å². The number of carbonyl (C=O) groups is 1. The molecule has 3 aromatic rings. The van der Waals surface area contributed by atoms with Crippen LogP contribution in [0.15, 0.2) is 36.9 Å². The summed E-state index contributed by atoms with van der Waals surface area (Å²) >= 11 is 0. The quantitative estimate of drug-likeness (QED) is 0.667. The molecule has 1 aromatic carbocycles. The van der Waals surface area contributed by atoms with Gasteiger partial charge in [0.25, 0.3) is 0 Å². The van der Waals surface area contributed by atoms with E-state index in [1.54, 1.807) is 23.0 Å².